The SMILES string of the molecule is CC.FC(F)C(F)(F)F. The maximum atomic E-state index is 10.4. The largest absolute Gasteiger partial charge is 0.450 e. The van der Waals surface area contributed by atoms with Crippen LogP contribution in [0.5, 0.6) is 0 Å². The first-order valence-electron chi connectivity index (χ1n) is 2.29. The van der Waals surface area contributed by atoms with E-state index in [1.165, 1.54) is 0 Å². The molecule has 0 rings (SSSR count). The third-order valence-corrected chi connectivity index (χ3v) is 0.247. The van der Waals surface area contributed by atoms with Gasteiger partial charge in [0.2, 0.25) is 0 Å². The Morgan fingerprint density at radius 2 is 1.11 bits per heavy atom. The van der Waals surface area contributed by atoms with E-state index in [9.17, 15) is 22.0 Å². The number of hydrogen-bond acceptors (Lipinski definition) is 0. The van der Waals surface area contributed by atoms with Crippen molar-refractivity contribution in [1.29, 1.82) is 0 Å². The Hall–Kier alpha value is -0.350. The van der Waals surface area contributed by atoms with Gasteiger partial charge < -0.3 is 0 Å². The first kappa shape index (κ1) is 11.4. The molecule has 0 aromatic carbocycles. The van der Waals surface area contributed by atoms with Crippen LogP contribution in [0.25, 0.3) is 0 Å². The Labute approximate surface area is 49.7 Å². The average Bonchev–Trinajstić information content (AvgIpc) is 1.69. The lowest BCUT2D eigenvalue weighted by molar-refractivity contribution is -0.219. The lowest BCUT2D eigenvalue weighted by atomic mass is 10.7. The third kappa shape index (κ3) is 7.65. The highest BCUT2D eigenvalue weighted by atomic mass is 19.4. The minimum Gasteiger partial charge on any atom is -0.200 e. The van der Waals surface area contributed by atoms with Gasteiger partial charge in [-0.05, 0) is 0 Å². The van der Waals surface area contributed by atoms with E-state index in [2.05, 4.69) is 0 Å². The normalized spacial score (nSPS) is 10.7. The van der Waals surface area contributed by atoms with E-state index in [0.29, 0.717) is 0 Å². The molecule has 0 saturated heterocycles. The Bertz CT molecular complexity index is 54.5. The first-order chi connectivity index (χ1) is 3.94. The summed E-state index contributed by atoms with van der Waals surface area (Å²) in [6, 6.07) is 0. The van der Waals surface area contributed by atoms with Crippen molar-refractivity contribution in [1.82, 2.24) is 0 Å². The zero-order chi connectivity index (χ0) is 8.08. The molecule has 0 atom stereocenters. The van der Waals surface area contributed by atoms with Crippen LogP contribution >= 0.6 is 0 Å². The fraction of sp³-hybridized carbons (Fsp3) is 1.00. The number of rotatable bonds is 0. The predicted molar refractivity (Wildman–Crippen MR) is 23.4 cm³/mol. The molecular weight excluding hydrogens is 143 g/mol. The minimum atomic E-state index is -5.33. The maximum absolute atomic E-state index is 10.4. The van der Waals surface area contributed by atoms with Crippen molar-refractivity contribution in [2.24, 2.45) is 0 Å². The van der Waals surface area contributed by atoms with Crippen LogP contribution in [-0.4, -0.2) is 12.6 Å². The van der Waals surface area contributed by atoms with Crippen molar-refractivity contribution >= 4 is 0 Å². The second-order valence-corrected chi connectivity index (χ2v) is 0.842. The summed E-state index contributed by atoms with van der Waals surface area (Å²) in [6.07, 6.45) is -9.53. The van der Waals surface area contributed by atoms with Gasteiger partial charge in [-0.2, -0.15) is 13.2 Å². The summed E-state index contributed by atoms with van der Waals surface area (Å²) in [7, 11) is 0. The summed E-state index contributed by atoms with van der Waals surface area (Å²) < 4.78 is 52.1. The smallest absolute Gasteiger partial charge is 0.200 e. The lowest BCUT2D eigenvalue weighted by Gasteiger charge is -2.00. The molecule has 0 radical (unpaired) electrons. The van der Waals surface area contributed by atoms with Gasteiger partial charge in [-0.15, -0.1) is 0 Å². The van der Waals surface area contributed by atoms with E-state index < -0.39 is 12.6 Å². The number of halogens is 5. The quantitative estimate of drug-likeness (QED) is 0.466. The Morgan fingerprint density at radius 1 is 1.00 bits per heavy atom. The molecule has 0 N–H and O–H groups in total. The topological polar surface area (TPSA) is 0 Å². The molecule has 0 saturated carbocycles. The van der Waals surface area contributed by atoms with Gasteiger partial charge in [-0.25, -0.2) is 8.78 Å². The maximum Gasteiger partial charge on any atom is 0.450 e. The molecule has 0 heterocycles. The van der Waals surface area contributed by atoms with Crippen molar-refractivity contribution in [2.45, 2.75) is 26.4 Å². The molecule has 0 aromatic heterocycles. The molecule has 0 aliphatic carbocycles. The fourth-order valence-corrected chi connectivity index (χ4v) is 0. The molecule has 0 aliphatic rings. The van der Waals surface area contributed by atoms with E-state index in [1.807, 2.05) is 13.8 Å². The zero-order valence-electron chi connectivity index (χ0n) is 4.97. The highest BCUT2D eigenvalue weighted by molar-refractivity contribution is 4.48. The molecular formula is C4H7F5. The molecule has 0 aliphatic heterocycles. The average molecular weight is 150 g/mol. The molecule has 5 heteroatoms. The van der Waals surface area contributed by atoms with Crippen LogP contribution in [0.2, 0.25) is 0 Å². The molecule has 0 bridgehead atoms. The van der Waals surface area contributed by atoms with Gasteiger partial charge in [-0.1, -0.05) is 13.8 Å². The van der Waals surface area contributed by atoms with Crippen molar-refractivity contribution in [2.75, 3.05) is 0 Å². The van der Waals surface area contributed by atoms with E-state index >= 15 is 0 Å². The van der Waals surface area contributed by atoms with E-state index in [4.69, 9.17) is 0 Å². The van der Waals surface area contributed by atoms with Crippen LogP contribution in [0.15, 0.2) is 0 Å². The molecule has 0 spiro atoms. The van der Waals surface area contributed by atoms with Crippen molar-refractivity contribution < 1.29 is 22.0 Å². The second-order valence-electron chi connectivity index (χ2n) is 0.842. The highest BCUT2D eigenvalue weighted by Crippen LogP contribution is 2.22. The van der Waals surface area contributed by atoms with Gasteiger partial charge in [0, 0.05) is 0 Å². The summed E-state index contributed by atoms with van der Waals surface area (Å²) in [4.78, 5) is 0. The summed E-state index contributed by atoms with van der Waals surface area (Å²) in [6.45, 7) is 4.00. The molecule has 0 nitrogen and oxygen atoms in total. The van der Waals surface area contributed by atoms with Crippen LogP contribution in [-0.2, 0) is 0 Å². The number of hydrogen-bond donors (Lipinski definition) is 0. The van der Waals surface area contributed by atoms with Crippen LogP contribution in [0.4, 0.5) is 22.0 Å². The Morgan fingerprint density at radius 3 is 1.11 bits per heavy atom. The van der Waals surface area contributed by atoms with Crippen molar-refractivity contribution in [3.63, 3.8) is 0 Å². The van der Waals surface area contributed by atoms with E-state index in [0.717, 1.165) is 0 Å². The van der Waals surface area contributed by atoms with Gasteiger partial charge in [0.25, 0.3) is 0 Å². The van der Waals surface area contributed by atoms with Gasteiger partial charge in [0.05, 0.1) is 0 Å². The van der Waals surface area contributed by atoms with Crippen LogP contribution in [0.3, 0.4) is 0 Å². The van der Waals surface area contributed by atoms with Gasteiger partial charge in [0.1, 0.15) is 0 Å². The van der Waals surface area contributed by atoms with Crippen LogP contribution in [0.1, 0.15) is 13.8 Å². The predicted octanol–water partition coefficient (Wildman–Crippen LogP) is 2.84. The Kier molecular flexibility index (Phi) is 5.75. The standard InChI is InChI=1S/C2HF5.C2H6/c3-1(4)2(5,6)7;1-2/h1H;1-2H3. The van der Waals surface area contributed by atoms with Gasteiger partial charge >= 0.3 is 12.6 Å². The zero-order valence-corrected chi connectivity index (χ0v) is 4.97. The van der Waals surface area contributed by atoms with E-state index in [-0.39, 0.29) is 0 Å². The highest BCUT2D eigenvalue weighted by Gasteiger charge is 2.40. The Balaban J connectivity index is 0. The second kappa shape index (κ2) is 4.52. The molecule has 9 heavy (non-hydrogen) atoms. The minimum absolute atomic E-state index is 2.00. The first-order valence-corrected chi connectivity index (χ1v) is 2.29. The summed E-state index contributed by atoms with van der Waals surface area (Å²) in [5.41, 5.74) is 0. The van der Waals surface area contributed by atoms with E-state index in [1.54, 1.807) is 0 Å². The fourth-order valence-electron chi connectivity index (χ4n) is 0. The lowest BCUT2D eigenvalue weighted by Crippen LogP contribution is -2.18. The summed E-state index contributed by atoms with van der Waals surface area (Å²) >= 11 is 0. The molecule has 0 unspecified atom stereocenters. The van der Waals surface area contributed by atoms with Gasteiger partial charge in [-0.3, -0.25) is 0 Å². The van der Waals surface area contributed by atoms with Crippen molar-refractivity contribution in [3.8, 4) is 0 Å². The molecule has 0 amide bonds. The number of alkyl halides is 5. The molecule has 0 fully saturated rings. The van der Waals surface area contributed by atoms with Gasteiger partial charge in [0.15, 0.2) is 0 Å². The molecule has 0 aromatic rings. The third-order valence-electron chi connectivity index (χ3n) is 0.247. The summed E-state index contributed by atoms with van der Waals surface area (Å²) in [5, 5.41) is 0. The van der Waals surface area contributed by atoms with Crippen molar-refractivity contribution in [3.05, 3.63) is 0 Å². The molecule has 58 valence electrons. The van der Waals surface area contributed by atoms with Crippen LogP contribution < -0.4 is 0 Å². The summed E-state index contributed by atoms with van der Waals surface area (Å²) in [5.74, 6) is 0. The monoisotopic (exact) mass is 150 g/mol. The van der Waals surface area contributed by atoms with Crippen LogP contribution in [0, 0.1) is 0 Å².